The molecular weight excluding hydrogens is 488 g/mol. The number of methoxy groups -OCH3 is 1. The average Bonchev–Trinajstić information content (AvgIpc) is 3.37. The molecule has 0 aliphatic heterocycles. The molecule has 0 amide bonds. The number of ether oxygens (including phenoxy) is 1. The van der Waals surface area contributed by atoms with E-state index in [9.17, 15) is 0 Å². The summed E-state index contributed by atoms with van der Waals surface area (Å²) in [6.07, 6.45) is 6.51. The number of hydrogen-bond acceptors (Lipinski definition) is 2. The molecule has 1 aliphatic carbocycles. The Kier molecular flexibility index (Phi) is 6.18. The first-order valence-corrected chi connectivity index (χ1v) is 13.8. The number of aromatic nitrogens is 1. The Morgan fingerprint density at radius 3 is 1.77 bits per heavy atom. The minimum atomic E-state index is 0.862. The van der Waals surface area contributed by atoms with Crippen molar-refractivity contribution in [3.05, 3.63) is 151 Å². The summed E-state index contributed by atoms with van der Waals surface area (Å²) in [6, 6.07) is 45.2. The average molecular weight is 519 g/mol. The van der Waals surface area contributed by atoms with Crippen molar-refractivity contribution in [2.45, 2.75) is 12.8 Å². The van der Waals surface area contributed by atoms with Gasteiger partial charge in [0.05, 0.1) is 18.1 Å². The van der Waals surface area contributed by atoms with Gasteiger partial charge in [0.15, 0.2) is 0 Å². The normalized spacial score (nSPS) is 13.2. The van der Waals surface area contributed by atoms with E-state index in [4.69, 9.17) is 4.74 Å². The zero-order valence-corrected chi connectivity index (χ0v) is 22.5. The van der Waals surface area contributed by atoms with Gasteiger partial charge in [-0.2, -0.15) is 0 Å². The second kappa shape index (κ2) is 10.3. The van der Waals surface area contributed by atoms with Gasteiger partial charge in [0.2, 0.25) is 0 Å². The predicted molar refractivity (Wildman–Crippen MR) is 168 cm³/mol. The molecule has 0 saturated carbocycles. The number of benzene rings is 5. The number of anilines is 2. The summed E-state index contributed by atoms with van der Waals surface area (Å²) < 4.78 is 7.76. The molecule has 5 aromatic carbocycles. The number of fused-ring (bicyclic) bond motifs is 3. The Morgan fingerprint density at radius 1 is 0.575 bits per heavy atom. The van der Waals surface area contributed by atoms with E-state index in [2.05, 4.69) is 137 Å². The minimum Gasteiger partial charge on any atom is -0.497 e. The Bertz CT molecular complexity index is 1810. The lowest BCUT2D eigenvalue weighted by molar-refractivity contribution is 0.415. The maximum Gasteiger partial charge on any atom is 0.119 e. The second-order valence-electron chi connectivity index (χ2n) is 10.1. The molecule has 7 rings (SSSR count). The predicted octanol–water partition coefficient (Wildman–Crippen LogP) is 9.69. The fraction of sp³-hybridized carbons (Fsp3) is 0.0811. The molecule has 1 heterocycles. The second-order valence-corrected chi connectivity index (χ2v) is 10.1. The van der Waals surface area contributed by atoms with Gasteiger partial charge in [-0.3, -0.25) is 0 Å². The summed E-state index contributed by atoms with van der Waals surface area (Å²) in [4.78, 5) is 2.35. The molecule has 194 valence electrons. The highest BCUT2D eigenvalue weighted by Crippen LogP contribution is 2.37. The van der Waals surface area contributed by atoms with E-state index in [1.807, 2.05) is 12.1 Å². The first-order valence-electron chi connectivity index (χ1n) is 13.8. The Balaban J connectivity index is 1.22. The van der Waals surface area contributed by atoms with Crippen LogP contribution in [0.2, 0.25) is 0 Å². The van der Waals surface area contributed by atoms with Gasteiger partial charge in [0.25, 0.3) is 0 Å². The zero-order valence-electron chi connectivity index (χ0n) is 22.5. The van der Waals surface area contributed by atoms with E-state index in [1.54, 1.807) is 7.11 Å². The van der Waals surface area contributed by atoms with Crippen LogP contribution in [0.5, 0.6) is 5.75 Å². The molecule has 0 bridgehead atoms. The number of rotatable bonds is 6. The van der Waals surface area contributed by atoms with Crippen molar-refractivity contribution in [3.63, 3.8) is 0 Å². The van der Waals surface area contributed by atoms with Crippen LogP contribution >= 0.6 is 0 Å². The number of para-hydroxylation sites is 3. The van der Waals surface area contributed by atoms with Crippen LogP contribution in [0.4, 0.5) is 11.4 Å². The van der Waals surface area contributed by atoms with Crippen LogP contribution in [0.3, 0.4) is 0 Å². The highest BCUT2D eigenvalue weighted by atomic mass is 16.5. The topological polar surface area (TPSA) is 17.4 Å². The van der Waals surface area contributed by atoms with Crippen molar-refractivity contribution in [2.24, 2.45) is 0 Å². The largest absolute Gasteiger partial charge is 0.497 e. The Morgan fingerprint density at radius 2 is 1.18 bits per heavy atom. The summed E-state index contributed by atoms with van der Waals surface area (Å²) in [7, 11) is 1.70. The molecule has 40 heavy (non-hydrogen) atoms. The number of hydrogen-bond donors (Lipinski definition) is 0. The molecular formula is C37H30N2O. The van der Waals surface area contributed by atoms with Crippen LogP contribution in [0.25, 0.3) is 33.1 Å². The molecule has 0 unspecified atom stereocenters. The van der Waals surface area contributed by atoms with Gasteiger partial charge < -0.3 is 14.2 Å². The van der Waals surface area contributed by atoms with Crippen molar-refractivity contribution < 1.29 is 4.74 Å². The molecule has 1 aliphatic rings. The van der Waals surface area contributed by atoms with Crippen molar-refractivity contribution in [1.82, 2.24) is 4.57 Å². The van der Waals surface area contributed by atoms with E-state index < -0.39 is 0 Å². The summed E-state index contributed by atoms with van der Waals surface area (Å²) in [5.74, 6) is 0.862. The first kappa shape index (κ1) is 24.1. The van der Waals surface area contributed by atoms with E-state index in [0.717, 1.165) is 30.0 Å². The molecule has 0 atom stereocenters. The van der Waals surface area contributed by atoms with Gasteiger partial charge in [0, 0.05) is 33.5 Å². The smallest absolute Gasteiger partial charge is 0.119 e. The number of allylic oxidation sites excluding steroid dienone is 4. The number of nitrogens with zero attached hydrogens (tertiary/aromatic N) is 2. The summed E-state index contributed by atoms with van der Waals surface area (Å²) in [6.45, 7) is 0. The third kappa shape index (κ3) is 4.26. The lowest BCUT2D eigenvalue weighted by Crippen LogP contribution is -2.17. The highest BCUT2D eigenvalue weighted by Gasteiger charge is 2.18. The molecule has 3 heteroatoms. The van der Waals surface area contributed by atoms with Crippen LogP contribution in [-0.2, 0) is 0 Å². The molecule has 0 radical (unpaired) electrons. The van der Waals surface area contributed by atoms with Gasteiger partial charge in [-0.05, 0) is 90.7 Å². The van der Waals surface area contributed by atoms with Crippen molar-refractivity contribution in [3.8, 4) is 11.4 Å². The fourth-order valence-electron chi connectivity index (χ4n) is 5.87. The van der Waals surface area contributed by atoms with Crippen LogP contribution in [0, 0.1) is 0 Å². The van der Waals surface area contributed by atoms with Gasteiger partial charge in [-0.15, -0.1) is 0 Å². The molecule has 0 saturated heterocycles. The third-order valence-electron chi connectivity index (χ3n) is 7.84. The fourth-order valence-corrected chi connectivity index (χ4v) is 5.87. The van der Waals surface area contributed by atoms with E-state index in [-0.39, 0.29) is 0 Å². The van der Waals surface area contributed by atoms with Crippen LogP contribution in [-0.4, -0.2) is 11.7 Å². The third-order valence-corrected chi connectivity index (χ3v) is 7.84. The molecule has 3 nitrogen and oxygen atoms in total. The van der Waals surface area contributed by atoms with Crippen LogP contribution in [0.1, 0.15) is 18.4 Å². The lowest BCUT2D eigenvalue weighted by atomic mass is 9.94. The van der Waals surface area contributed by atoms with E-state index >= 15 is 0 Å². The van der Waals surface area contributed by atoms with Crippen LogP contribution < -0.4 is 9.64 Å². The first-order chi connectivity index (χ1) is 19.8. The highest BCUT2D eigenvalue weighted by molar-refractivity contribution is 6.09. The van der Waals surface area contributed by atoms with Crippen molar-refractivity contribution in [2.75, 3.05) is 12.0 Å². The van der Waals surface area contributed by atoms with Crippen molar-refractivity contribution >= 4 is 38.8 Å². The lowest BCUT2D eigenvalue weighted by Gasteiger charge is -2.30. The van der Waals surface area contributed by atoms with Gasteiger partial charge in [-0.1, -0.05) is 72.8 Å². The maximum absolute atomic E-state index is 5.39. The van der Waals surface area contributed by atoms with E-state index in [0.29, 0.717) is 0 Å². The Labute approximate surface area is 234 Å². The minimum absolute atomic E-state index is 0.862. The molecule has 1 aromatic heterocycles. The summed E-state index contributed by atoms with van der Waals surface area (Å²) in [5.41, 5.74) is 9.86. The molecule has 0 fully saturated rings. The molecule has 0 N–H and O–H groups in total. The quantitative estimate of drug-likeness (QED) is 0.218. The van der Waals surface area contributed by atoms with Gasteiger partial charge in [0.1, 0.15) is 5.75 Å². The van der Waals surface area contributed by atoms with E-state index in [1.165, 1.54) is 44.3 Å². The summed E-state index contributed by atoms with van der Waals surface area (Å²) >= 11 is 0. The summed E-state index contributed by atoms with van der Waals surface area (Å²) in [5, 5.41) is 2.57. The van der Waals surface area contributed by atoms with Crippen molar-refractivity contribution in [1.29, 1.82) is 0 Å². The van der Waals surface area contributed by atoms with Crippen LogP contribution in [0.15, 0.2) is 145 Å². The van der Waals surface area contributed by atoms with Gasteiger partial charge >= 0.3 is 0 Å². The monoisotopic (exact) mass is 518 g/mol. The maximum atomic E-state index is 5.39. The van der Waals surface area contributed by atoms with Gasteiger partial charge in [-0.25, -0.2) is 0 Å². The molecule has 0 spiro atoms. The SMILES string of the molecule is COc1ccc(N(C2=CC=C(c3ccc(-n4c5ccccc5c5ccccc54)cc3)CC2)c2ccccc2)cc1. The molecule has 6 aromatic rings. The Hall–Kier alpha value is -5.02. The zero-order chi connectivity index (χ0) is 26.9. The standard InChI is InChI=1S/C37H30N2O/c1-40-33-25-23-31(24-26-33)38(29-9-3-2-4-10-29)30-19-15-27(16-20-30)28-17-21-32(22-18-28)39-36-13-7-5-11-34(36)35-12-6-8-14-37(35)39/h2-15,17-19,21-26H,16,20H2,1H3.